The maximum atomic E-state index is 11.7. The lowest BCUT2D eigenvalue weighted by Crippen LogP contribution is -2.28. The van der Waals surface area contributed by atoms with Crippen LogP contribution in [0.15, 0.2) is 24.3 Å². The van der Waals surface area contributed by atoms with E-state index in [1.165, 1.54) is 0 Å². The molecule has 0 spiro atoms. The van der Waals surface area contributed by atoms with Crippen LogP contribution in [0.2, 0.25) is 5.02 Å². The van der Waals surface area contributed by atoms with Crippen LogP contribution < -0.4 is 10.0 Å². The summed E-state index contributed by atoms with van der Waals surface area (Å²) < 4.78 is 25.9. The van der Waals surface area contributed by atoms with Gasteiger partial charge in [0, 0.05) is 11.6 Å². The summed E-state index contributed by atoms with van der Waals surface area (Å²) in [5.74, 6) is 0.146. The Hall–Kier alpha value is -0.620. The van der Waals surface area contributed by atoms with E-state index in [1.807, 2.05) is 19.1 Å². The highest BCUT2D eigenvalue weighted by molar-refractivity contribution is 7.89. The van der Waals surface area contributed by atoms with Gasteiger partial charge < -0.3 is 5.32 Å². The molecule has 0 aliphatic rings. The molecule has 2 N–H and O–H groups in total. The van der Waals surface area contributed by atoms with Gasteiger partial charge >= 0.3 is 0 Å². The average molecular weight is 291 g/mol. The summed E-state index contributed by atoms with van der Waals surface area (Å²) in [7, 11) is -3.19. The van der Waals surface area contributed by atoms with E-state index in [0.29, 0.717) is 18.0 Å². The van der Waals surface area contributed by atoms with Crippen molar-refractivity contribution in [1.29, 1.82) is 0 Å². The van der Waals surface area contributed by atoms with Crippen molar-refractivity contribution in [2.24, 2.45) is 0 Å². The zero-order valence-electron chi connectivity index (χ0n) is 10.4. The van der Waals surface area contributed by atoms with Crippen LogP contribution in [0.5, 0.6) is 0 Å². The summed E-state index contributed by atoms with van der Waals surface area (Å²) in [6.45, 7) is 3.88. The number of halogens is 1. The maximum absolute atomic E-state index is 11.7. The fraction of sp³-hybridized carbons (Fsp3) is 0.500. The quantitative estimate of drug-likeness (QED) is 0.717. The zero-order chi connectivity index (χ0) is 13.4. The lowest BCUT2D eigenvalue weighted by Gasteiger charge is -2.07. The first-order chi connectivity index (χ1) is 8.53. The SMILES string of the molecule is CCNCCCS(=O)(=O)NCc1ccc(Cl)cc1. The van der Waals surface area contributed by atoms with Gasteiger partial charge in [-0.3, -0.25) is 0 Å². The second-order valence-electron chi connectivity index (χ2n) is 3.97. The summed E-state index contributed by atoms with van der Waals surface area (Å²) in [5.41, 5.74) is 0.898. The molecule has 0 aliphatic heterocycles. The van der Waals surface area contributed by atoms with Crippen molar-refractivity contribution in [1.82, 2.24) is 10.0 Å². The highest BCUT2D eigenvalue weighted by atomic mass is 35.5. The lowest BCUT2D eigenvalue weighted by molar-refractivity contribution is 0.575. The van der Waals surface area contributed by atoms with Crippen molar-refractivity contribution in [3.05, 3.63) is 34.9 Å². The third-order valence-corrected chi connectivity index (χ3v) is 4.09. The Bertz CT molecular complexity index is 446. The molecule has 0 atom stereocenters. The molecule has 6 heteroatoms. The van der Waals surface area contributed by atoms with E-state index in [4.69, 9.17) is 11.6 Å². The number of sulfonamides is 1. The summed E-state index contributed by atoms with van der Waals surface area (Å²) in [6.07, 6.45) is 0.615. The van der Waals surface area contributed by atoms with Crippen molar-refractivity contribution < 1.29 is 8.42 Å². The second kappa shape index (κ2) is 7.74. The lowest BCUT2D eigenvalue weighted by atomic mass is 10.2. The fourth-order valence-electron chi connectivity index (χ4n) is 1.43. The molecule has 0 heterocycles. The molecule has 0 fully saturated rings. The Morgan fingerprint density at radius 3 is 2.50 bits per heavy atom. The summed E-state index contributed by atoms with van der Waals surface area (Å²) >= 11 is 5.75. The number of rotatable bonds is 8. The minimum absolute atomic E-state index is 0.146. The predicted octanol–water partition coefficient (Wildman–Crippen LogP) is 1.76. The third kappa shape index (κ3) is 6.35. The monoisotopic (exact) mass is 290 g/mol. The molecule has 1 aromatic rings. The average Bonchev–Trinajstić information content (AvgIpc) is 2.34. The van der Waals surface area contributed by atoms with E-state index in [2.05, 4.69) is 10.0 Å². The molecule has 18 heavy (non-hydrogen) atoms. The molecule has 0 saturated heterocycles. The van der Waals surface area contributed by atoms with Gasteiger partial charge in [-0.1, -0.05) is 30.7 Å². The van der Waals surface area contributed by atoms with E-state index in [9.17, 15) is 8.42 Å². The van der Waals surface area contributed by atoms with Gasteiger partial charge in [-0.25, -0.2) is 13.1 Å². The second-order valence-corrected chi connectivity index (χ2v) is 6.34. The van der Waals surface area contributed by atoms with E-state index in [0.717, 1.165) is 18.7 Å². The molecule has 0 amide bonds. The minimum Gasteiger partial charge on any atom is -0.317 e. The molecular formula is C12H19ClN2O2S. The van der Waals surface area contributed by atoms with Crippen molar-refractivity contribution in [3.8, 4) is 0 Å². The molecule has 0 aliphatic carbocycles. The highest BCUT2D eigenvalue weighted by Crippen LogP contribution is 2.09. The molecule has 0 unspecified atom stereocenters. The Kier molecular flexibility index (Phi) is 6.63. The summed E-state index contributed by atoms with van der Waals surface area (Å²) in [6, 6.07) is 7.11. The topological polar surface area (TPSA) is 58.2 Å². The van der Waals surface area contributed by atoms with Crippen molar-refractivity contribution in [2.75, 3.05) is 18.8 Å². The molecule has 4 nitrogen and oxygen atoms in total. The van der Waals surface area contributed by atoms with Crippen LogP contribution in [0.1, 0.15) is 18.9 Å². The molecule has 0 radical (unpaired) electrons. The zero-order valence-corrected chi connectivity index (χ0v) is 12.0. The highest BCUT2D eigenvalue weighted by Gasteiger charge is 2.09. The van der Waals surface area contributed by atoms with Crippen molar-refractivity contribution in [2.45, 2.75) is 19.9 Å². The fourth-order valence-corrected chi connectivity index (χ4v) is 2.61. The van der Waals surface area contributed by atoms with E-state index in [1.54, 1.807) is 12.1 Å². The van der Waals surface area contributed by atoms with Gasteiger partial charge in [0.05, 0.1) is 5.75 Å². The molecule has 0 aromatic heterocycles. The molecule has 1 rings (SSSR count). The van der Waals surface area contributed by atoms with Gasteiger partial charge in [0.2, 0.25) is 10.0 Å². The van der Waals surface area contributed by atoms with Crippen LogP contribution in [0.4, 0.5) is 0 Å². The van der Waals surface area contributed by atoms with Crippen LogP contribution >= 0.6 is 11.6 Å². The molecule has 0 saturated carbocycles. The van der Waals surface area contributed by atoms with E-state index >= 15 is 0 Å². The normalized spacial score (nSPS) is 11.7. The van der Waals surface area contributed by atoms with Crippen LogP contribution in [0.25, 0.3) is 0 Å². The standard InChI is InChI=1S/C12H19ClN2O2S/c1-2-14-8-3-9-18(16,17)15-10-11-4-6-12(13)7-5-11/h4-7,14-15H,2-3,8-10H2,1H3. The summed E-state index contributed by atoms with van der Waals surface area (Å²) in [5, 5.41) is 3.74. The Morgan fingerprint density at radius 2 is 1.89 bits per heavy atom. The van der Waals surface area contributed by atoms with Crippen molar-refractivity contribution >= 4 is 21.6 Å². The number of nitrogens with one attached hydrogen (secondary N) is 2. The van der Waals surface area contributed by atoms with Crippen LogP contribution in [0.3, 0.4) is 0 Å². The Balaban J connectivity index is 2.34. The largest absolute Gasteiger partial charge is 0.317 e. The smallest absolute Gasteiger partial charge is 0.211 e. The molecule has 102 valence electrons. The molecule has 1 aromatic carbocycles. The first-order valence-corrected chi connectivity index (χ1v) is 7.99. The van der Waals surface area contributed by atoms with E-state index < -0.39 is 10.0 Å². The number of hydrogen-bond acceptors (Lipinski definition) is 3. The Labute approximate surface area is 114 Å². The maximum Gasteiger partial charge on any atom is 0.211 e. The van der Waals surface area contributed by atoms with Crippen LogP contribution in [-0.2, 0) is 16.6 Å². The van der Waals surface area contributed by atoms with Gasteiger partial charge in [0.25, 0.3) is 0 Å². The Morgan fingerprint density at radius 1 is 1.22 bits per heavy atom. The van der Waals surface area contributed by atoms with Gasteiger partial charge in [-0.15, -0.1) is 0 Å². The van der Waals surface area contributed by atoms with Crippen molar-refractivity contribution in [3.63, 3.8) is 0 Å². The third-order valence-electron chi connectivity index (χ3n) is 2.43. The van der Waals surface area contributed by atoms with Gasteiger partial charge in [-0.05, 0) is 37.2 Å². The van der Waals surface area contributed by atoms with E-state index in [-0.39, 0.29) is 5.75 Å². The van der Waals surface area contributed by atoms with Gasteiger partial charge in [0.15, 0.2) is 0 Å². The summed E-state index contributed by atoms with van der Waals surface area (Å²) in [4.78, 5) is 0. The predicted molar refractivity (Wildman–Crippen MR) is 75.2 cm³/mol. The number of benzene rings is 1. The van der Waals surface area contributed by atoms with Crippen LogP contribution in [-0.4, -0.2) is 27.3 Å². The van der Waals surface area contributed by atoms with Crippen LogP contribution in [0, 0.1) is 0 Å². The molecular weight excluding hydrogens is 272 g/mol. The van der Waals surface area contributed by atoms with Gasteiger partial charge in [0.1, 0.15) is 0 Å². The molecule has 0 bridgehead atoms. The van der Waals surface area contributed by atoms with Gasteiger partial charge in [-0.2, -0.15) is 0 Å². The first kappa shape index (κ1) is 15.4. The minimum atomic E-state index is -3.19. The first-order valence-electron chi connectivity index (χ1n) is 5.96. The number of hydrogen-bond donors (Lipinski definition) is 2.